The predicted octanol–water partition coefficient (Wildman–Crippen LogP) is 3.99. The Labute approximate surface area is 105 Å². The third kappa shape index (κ3) is 1.81. The number of aryl methyl sites for hydroxylation is 2. The van der Waals surface area contributed by atoms with Crippen LogP contribution in [0.25, 0.3) is 0 Å². The molecule has 1 atom stereocenters. The first-order valence-corrected chi connectivity index (χ1v) is 6.51. The molecule has 1 unspecified atom stereocenters. The molecule has 0 aliphatic heterocycles. The number of hydrogen-bond donors (Lipinski definition) is 1. The van der Waals surface area contributed by atoms with Crippen LogP contribution in [-0.4, -0.2) is 0 Å². The third-order valence-electron chi connectivity index (χ3n) is 5.12. The first-order valence-electron chi connectivity index (χ1n) is 6.51. The summed E-state index contributed by atoms with van der Waals surface area (Å²) in [6, 6.07) is 6.85. The lowest BCUT2D eigenvalue weighted by molar-refractivity contribution is 0.457. The second-order valence-electron chi connectivity index (χ2n) is 6.87. The average molecular weight is 231 g/mol. The Morgan fingerprint density at radius 1 is 0.941 bits per heavy atom. The normalized spacial score (nSPS) is 23.5. The molecule has 0 heterocycles. The summed E-state index contributed by atoms with van der Waals surface area (Å²) in [6.07, 6.45) is 0. The fourth-order valence-corrected chi connectivity index (χ4v) is 3.54. The van der Waals surface area contributed by atoms with Crippen molar-refractivity contribution in [2.45, 2.75) is 47.6 Å². The largest absolute Gasteiger partial charge is 0.324 e. The summed E-state index contributed by atoms with van der Waals surface area (Å²) in [4.78, 5) is 0. The SMILES string of the molecule is Cc1cc(C)cc(C(N)C2C(C)(C)C2(C)C)c1. The second-order valence-corrected chi connectivity index (χ2v) is 6.87. The van der Waals surface area contributed by atoms with Crippen LogP contribution >= 0.6 is 0 Å². The number of nitrogens with two attached hydrogens (primary N) is 1. The standard InChI is InChI=1S/C16H25N/c1-10-7-11(2)9-12(8-10)13(17)14-15(3,4)16(14,5)6/h7-9,13-14H,17H2,1-6H3. The van der Waals surface area contributed by atoms with E-state index in [4.69, 9.17) is 5.73 Å². The fourth-order valence-electron chi connectivity index (χ4n) is 3.54. The zero-order chi connectivity index (χ0) is 13.0. The maximum atomic E-state index is 6.49. The zero-order valence-electron chi connectivity index (χ0n) is 12.0. The maximum absolute atomic E-state index is 6.49. The van der Waals surface area contributed by atoms with Crippen LogP contribution in [0.3, 0.4) is 0 Å². The van der Waals surface area contributed by atoms with Crippen LogP contribution in [0.5, 0.6) is 0 Å². The van der Waals surface area contributed by atoms with E-state index in [9.17, 15) is 0 Å². The van der Waals surface area contributed by atoms with Gasteiger partial charge in [-0.3, -0.25) is 0 Å². The molecule has 2 rings (SSSR count). The highest BCUT2D eigenvalue weighted by molar-refractivity contribution is 5.33. The molecular weight excluding hydrogens is 206 g/mol. The topological polar surface area (TPSA) is 26.0 Å². The van der Waals surface area contributed by atoms with Crippen LogP contribution in [-0.2, 0) is 0 Å². The van der Waals surface area contributed by atoms with Crippen LogP contribution in [0, 0.1) is 30.6 Å². The Hall–Kier alpha value is -0.820. The summed E-state index contributed by atoms with van der Waals surface area (Å²) >= 11 is 0. The van der Waals surface area contributed by atoms with Gasteiger partial charge in [-0.05, 0) is 36.2 Å². The van der Waals surface area contributed by atoms with Crippen molar-refractivity contribution in [2.24, 2.45) is 22.5 Å². The lowest BCUT2D eigenvalue weighted by Crippen LogP contribution is -2.16. The van der Waals surface area contributed by atoms with E-state index in [-0.39, 0.29) is 6.04 Å². The van der Waals surface area contributed by atoms with Gasteiger partial charge in [0.05, 0.1) is 0 Å². The van der Waals surface area contributed by atoms with Crippen LogP contribution in [0.4, 0.5) is 0 Å². The fraction of sp³-hybridized carbons (Fsp3) is 0.625. The van der Waals surface area contributed by atoms with Crippen LogP contribution < -0.4 is 5.73 Å². The Kier molecular flexibility index (Phi) is 2.66. The number of rotatable bonds is 2. The van der Waals surface area contributed by atoms with Crippen molar-refractivity contribution in [1.82, 2.24) is 0 Å². The lowest BCUT2D eigenvalue weighted by atomic mass is 9.95. The Bertz CT molecular complexity index is 409. The Balaban J connectivity index is 2.31. The number of benzene rings is 1. The summed E-state index contributed by atoms with van der Waals surface area (Å²) < 4.78 is 0. The highest BCUT2D eigenvalue weighted by atomic mass is 14.8. The van der Waals surface area contributed by atoms with Crippen molar-refractivity contribution in [1.29, 1.82) is 0 Å². The summed E-state index contributed by atoms with van der Waals surface area (Å²) in [5.41, 5.74) is 11.1. The monoisotopic (exact) mass is 231 g/mol. The molecule has 17 heavy (non-hydrogen) atoms. The molecule has 94 valence electrons. The van der Waals surface area contributed by atoms with Crippen molar-refractivity contribution in [3.63, 3.8) is 0 Å². The van der Waals surface area contributed by atoms with Gasteiger partial charge in [-0.1, -0.05) is 57.0 Å². The molecule has 0 amide bonds. The minimum Gasteiger partial charge on any atom is -0.324 e. The van der Waals surface area contributed by atoms with Crippen molar-refractivity contribution in [3.8, 4) is 0 Å². The molecule has 1 aliphatic carbocycles. The summed E-state index contributed by atoms with van der Waals surface area (Å²) in [5, 5.41) is 0. The maximum Gasteiger partial charge on any atom is 0.0334 e. The molecule has 1 nitrogen and oxygen atoms in total. The van der Waals surface area contributed by atoms with E-state index in [1.165, 1.54) is 16.7 Å². The van der Waals surface area contributed by atoms with Gasteiger partial charge in [0.2, 0.25) is 0 Å². The van der Waals surface area contributed by atoms with E-state index in [0.29, 0.717) is 16.7 Å². The van der Waals surface area contributed by atoms with Gasteiger partial charge in [0, 0.05) is 6.04 Å². The van der Waals surface area contributed by atoms with Crippen LogP contribution in [0.2, 0.25) is 0 Å². The third-order valence-corrected chi connectivity index (χ3v) is 5.12. The Morgan fingerprint density at radius 2 is 1.35 bits per heavy atom. The van der Waals surface area contributed by atoms with Gasteiger partial charge in [0.15, 0.2) is 0 Å². The van der Waals surface area contributed by atoms with E-state index in [2.05, 4.69) is 59.7 Å². The van der Waals surface area contributed by atoms with Crippen molar-refractivity contribution in [3.05, 3.63) is 34.9 Å². The first-order chi connectivity index (χ1) is 7.68. The molecule has 0 bridgehead atoms. The van der Waals surface area contributed by atoms with E-state index in [1.54, 1.807) is 0 Å². The van der Waals surface area contributed by atoms with Crippen LogP contribution in [0.15, 0.2) is 18.2 Å². The van der Waals surface area contributed by atoms with Gasteiger partial charge in [0.25, 0.3) is 0 Å². The molecule has 1 aromatic rings. The molecular formula is C16H25N. The lowest BCUT2D eigenvalue weighted by Gasteiger charge is -2.16. The van der Waals surface area contributed by atoms with E-state index >= 15 is 0 Å². The molecule has 1 fully saturated rings. The predicted molar refractivity (Wildman–Crippen MR) is 73.9 cm³/mol. The summed E-state index contributed by atoms with van der Waals surface area (Å²) in [5.74, 6) is 0.580. The van der Waals surface area contributed by atoms with Gasteiger partial charge in [-0.25, -0.2) is 0 Å². The van der Waals surface area contributed by atoms with Crippen molar-refractivity contribution < 1.29 is 0 Å². The highest BCUT2D eigenvalue weighted by Gasteiger charge is 2.66. The molecule has 0 aromatic heterocycles. The molecule has 1 saturated carbocycles. The molecule has 1 heteroatoms. The van der Waals surface area contributed by atoms with Crippen LogP contribution in [0.1, 0.15) is 50.4 Å². The molecule has 0 radical (unpaired) electrons. The average Bonchev–Trinajstić information content (AvgIpc) is 2.54. The quantitative estimate of drug-likeness (QED) is 0.818. The van der Waals surface area contributed by atoms with Gasteiger partial charge in [0.1, 0.15) is 0 Å². The molecule has 0 spiro atoms. The second kappa shape index (κ2) is 3.58. The van der Waals surface area contributed by atoms with Gasteiger partial charge >= 0.3 is 0 Å². The molecule has 2 N–H and O–H groups in total. The van der Waals surface area contributed by atoms with E-state index in [0.717, 1.165) is 0 Å². The van der Waals surface area contributed by atoms with E-state index < -0.39 is 0 Å². The zero-order valence-corrected chi connectivity index (χ0v) is 12.0. The minimum atomic E-state index is 0.165. The van der Waals surface area contributed by atoms with Gasteiger partial charge in [-0.2, -0.15) is 0 Å². The summed E-state index contributed by atoms with van der Waals surface area (Å²) in [7, 11) is 0. The molecule has 0 saturated heterocycles. The molecule has 1 aromatic carbocycles. The highest BCUT2D eigenvalue weighted by Crippen LogP contribution is 2.71. The first kappa shape index (κ1) is 12.6. The Morgan fingerprint density at radius 3 is 1.71 bits per heavy atom. The van der Waals surface area contributed by atoms with E-state index in [1.807, 2.05) is 0 Å². The molecule has 1 aliphatic rings. The van der Waals surface area contributed by atoms with Gasteiger partial charge < -0.3 is 5.73 Å². The van der Waals surface area contributed by atoms with Crippen molar-refractivity contribution >= 4 is 0 Å². The van der Waals surface area contributed by atoms with Crippen molar-refractivity contribution in [2.75, 3.05) is 0 Å². The summed E-state index contributed by atoms with van der Waals surface area (Å²) in [6.45, 7) is 13.6. The smallest absolute Gasteiger partial charge is 0.0334 e. The number of hydrogen-bond acceptors (Lipinski definition) is 1. The minimum absolute atomic E-state index is 0.165. The van der Waals surface area contributed by atoms with Gasteiger partial charge in [-0.15, -0.1) is 0 Å².